The second kappa shape index (κ2) is 12.8. The van der Waals surface area contributed by atoms with E-state index in [9.17, 15) is 14.7 Å². The van der Waals surface area contributed by atoms with Crippen LogP contribution < -0.4 is 20.1 Å². The Kier molecular flexibility index (Phi) is 9.21. The predicted octanol–water partition coefficient (Wildman–Crippen LogP) is 2.55. The first-order valence-electron chi connectivity index (χ1n) is 12.5. The number of ether oxygens (including phenoxy) is 4. The van der Waals surface area contributed by atoms with Gasteiger partial charge in [0.15, 0.2) is 0 Å². The third-order valence-corrected chi connectivity index (χ3v) is 6.66. The van der Waals surface area contributed by atoms with Gasteiger partial charge in [-0.2, -0.15) is 0 Å². The number of aliphatic hydroxyl groups excluding tert-OH is 1. The van der Waals surface area contributed by atoms with E-state index in [0.717, 1.165) is 11.3 Å². The molecule has 200 valence electrons. The summed E-state index contributed by atoms with van der Waals surface area (Å²) in [6.45, 7) is 0.814. The number of rotatable bonds is 7. The lowest BCUT2D eigenvalue weighted by molar-refractivity contribution is -0.149. The molecule has 0 saturated carbocycles. The number of nitrogens with zero attached hydrogens (tertiary/aromatic N) is 1. The molecule has 3 amide bonds. The highest BCUT2D eigenvalue weighted by atomic mass is 16.5. The molecule has 2 saturated heterocycles. The molecule has 2 aromatic rings. The average molecular weight is 514 g/mol. The number of hydrogen-bond acceptors (Lipinski definition) is 7. The summed E-state index contributed by atoms with van der Waals surface area (Å²) in [5.74, 6) is 1.29. The molecule has 2 aliphatic heterocycles. The van der Waals surface area contributed by atoms with Crippen molar-refractivity contribution in [2.75, 3.05) is 39.3 Å². The van der Waals surface area contributed by atoms with Crippen LogP contribution in [0.25, 0.3) is 0 Å². The number of hydrogen-bond donors (Lipinski definition) is 3. The highest BCUT2D eigenvalue weighted by molar-refractivity contribution is 5.89. The average Bonchev–Trinajstić information content (AvgIpc) is 2.90. The Morgan fingerprint density at radius 2 is 1.84 bits per heavy atom. The van der Waals surface area contributed by atoms with Gasteiger partial charge in [0.05, 0.1) is 58.6 Å². The number of anilines is 1. The standard InChI is InChI=1S/C27H35N3O7/c1-34-21-9-7-19(8-10-21)29-27(33)30-15-20(31)16-36-17-25-23(30)12-11-22(37-25)13-26(32)28-14-18-5-3-4-6-24(18)35-2/h3-10,20,22-23,25,31H,11-17H2,1-2H3,(H,28,32)(H,29,33)/t20-,22+,23-,25+/m0/s1. The zero-order valence-corrected chi connectivity index (χ0v) is 21.2. The van der Waals surface area contributed by atoms with Crippen molar-refractivity contribution in [1.82, 2.24) is 10.2 Å². The fraction of sp³-hybridized carbons (Fsp3) is 0.481. The molecular formula is C27H35N3O7. The lowest BCUT2D eigenvalue weighted by Crippen LogP contribution is -2.58. The zero-order valence-electron chi connectivity index (χ0n) is 21.2. The third kappa shape index (κ3) is 7.12. The van der Waals surface area contributed by atoms with E-state index in [0.29, 0.717) is 30.8 Å². The topological polar surface area (TPSA) is 119 Å². The minimum atomic E-state index is -0.805. The molecule has 0 bridgehead atoms. The summed E-state index contributed by atoms with van der Waals surface area (Å²) >= 11 is 0. The van der Waals surface area contributed by atoms with E-state index in [2.05, 4.69) is 10.6 Å². The zero-order chi connectivity index (χ0) is 26.2. The first-order valence-corrected chi connectivity index (χ1v) is 12.5. The van der Waals surface area contributed by atoms with Crippen LogP contribution in [-0.2, 0) is 20.8 Å². The second-order valence-corrected chi connectivity index (χ2v) is 9.24. The molecule has 0 spiro atoms. The van der Waals surface area contributed by atoms with Crippen LogP contribution in [0.3, 0.4) is 0 Å². The van der Waals surface area contributed by atoms with E-state index in [1.54, 1.807) is 43.4 Å². The molecule has 0 aliphatic carbocycles. The van der Waals surface area contributed by atoms with E-state index in [1.807, 2.05) is 24.3 Å². The van der Waals surface area contributed by atoms with Crippen molar-refractivity contribution < 1.29 is 33.6 Å². The van der Waals surface area contributed by atoms with Gasteiger partial charge in [0.2, 0.25) is 5.91 Å². The Morgan fingerprint density at radius 1 is 1.05 bits per heavy atom. The number of carbonyl (C=O) groups excluding carboxylic acids is 2. The number of fused-ring (bicyclic) bond motifs is 1. The highest BCUT2D eigenvalue weighted by Gasteiger charge is 2.40. The van der Waals surface area contributed by atoms with Crippen LogP contribution in [-0.4, -0.2) is 80.3 Å². The molecule has 0 radical (unpaired) electrons. The number of carbonyl (C=O) groups is 2. The largest absolute Gasteiger partial charge is 0.497 e. The van der Waals surface area contributed by atoms with Crippen molar-refractivity contribution in [2.45, 2.75) is 50.2 Å². The maximum Gasteiger partial charge on any atom is 0.322 e. The Hall–Kier alpha value is -3.34. The quantitative estimate of drug-likeness (QED) is 0.521. The molecule has 10 heteroatoms. The molecule has 2 aromatic carbocycles. The van der Waals surface area contributed by atoms with Gasteiger partial charge in [-0.1, -0.05) is 18.2 Å². The number of methoxy groups -OCH3 is 2. The molecule has 37 heavy (non-hydrogen) atoms. The minimum absolute atomic E-state index is 0.100. The van der Waals surface area contributed by atoms with Crippen LogP contribution >= 0.6 is 0 Å². The normalized spacial score (nSPS) is 23.7. The SMILES string of the molecule is COc1ccc(NC(=O)N2C[C@H](O)COC[C@H]3O[C@@H](CC(=O)NCc4ccccc4OC)CC[C@@H]32)cc1. The summed E-state index contributed by atoms with van der Waals surface area (Å²) in [4.78, 5) is 27.5. The van der Waals surface area contributed by atoms with Crippen LogP contribution in [0.15, 0.2) is 48.5 Å². The Morgan fingerprint density at radius 3 is 2.59 bits per heavy atom. The van der Waals surface area contributed by atoms with E-state index < -0.39 is 12.2 Å². The first kappa shape index (κ1) is 26.7. The van der Waals surface area contributed by atoms with Gasteiger partial charge in [0.25, 0.3) is 0 Å². The van der Waals surface area contributed by atoms with Crippen molar-refractivity contribution in [3.63, 3.8) is 0 Å². The van der Waals surface area contributed by atoms with Gasteiger partial charge in [-0.15, -0.1) is 0 Å². The van der Waals surface area contributed by atoms with Crippen LogP contribution in [0.4, 0.5) is 10.5 Å². The lowest BCUT2D eigenvalue weighted by atomic mass is 9.95. The molecule has 4 rings (SSSR count). The molecule has 10 nitrogen and oxygen atoms in total. The number of β-amino-alcohol motifs (C(OH)–C–C–N with tert-alkyl or cyclic N) is 1. The molecule has 3 N–H and O–H groups in total. The maximum absolute atomic E-state index is 13.2. The summed E-state index contributed by atoms with van der Waals surface area (Å²) in [6, 6.07) is 14.0. The van der Waals surface area contributed by atoms with Gasteiger partial charge in [0, 0.05) is 17.8 Å². The summed E-state index contributed by atoms with van der Waals surface area (Å²) in [5, 5.41) is 16.2. The van der Waals surface area contributed by atoms with Gasteiger partial charge in [-0.05, 0) is 43.2 Å². The van der Waals surface area contributed by atoms with Crippen molar-refractivity contribution in [1.29, 1.82) is 0 Å². The summed E-state index contributed by atoms with van der Waals surface area (Å²) < 4.78 is 22.4. The van der Waals surface area contributed by atoms with E-state index in [4.69, 9.17) is 18.9 Å². The summed E-state index contributed by atoms with van der Waals surface area (Å²) in [7, 11) is 3.18. The van der Waals surface area contributed by atoms with Crippen LogP contribution in [0.1, 0.15) is 24.8 Å². The maximum atomic E-state index is 13.2. The number of urea groups is 1. The fourth-order valence-corrected chi connectivity index (χ4v) is 4.77. The van der Waals surface area contributed by atoms with Crippen LogP contribution in [0, 0.1) is 0 Å². The van der Waals surface area contributed by atoms with Crippen molar-refractivity contribution in [3.8, 4) is 11.5 Å². The Labute approximate surface area is 216 Å². The first-order chi connectivity index (χ1) is 18.0. The van der Waals surface area contributed by atoms with E-state index >= 15 is 0 Å². The second-order valence-electron chi connectivity index (χ2n) is 9.24. The van der Waals surface area contributed by atoms with Gasteiger partial charge in [0.1, 0.15) is 17.6 Å². The fourth-order valence-electron chi connectivity index (χ4n) is 4.77. The summed E-state index contributed by atoms with van der Waals surface area (Å²) in [5.41, 5.74) is 1.52. The van der Waals surface area contributed by atoms with E-state index in [1.165, 1.54) is 0 Å². The Bertz CT molecular complexity index is 1050. The van der Waals surface area contributed by atoms with Gasteiger partial charge in [-0.25, -0.2) is 4.79 Å². The minimum Gasteiger partial charge on any atom is -0.497 e. The van der Waals surface area contributed by atoms with E-state index in [-0.39, 0.29) is 50.3 Å². The molecular weight excluding hydrogens is 478 g/mol. The number of benzene rings is 2. The Balaban J connectivity index is 1.35. The van der Waals surface area contributed by atoms with Gasteiger partial charge < -0.3 is 39.6 Å². The smallest absolute Gasteiger partial charge is 0.322 e. The number of nitrogens with one attached hydrogen (secondary N) is 2. The van der Waals surface area contributed by atoms with Crippen LogP contribution in [0.5, 0.6) is 11.5 Å². The van der Waals surface area contributed by atoms with Crippen molar-refractivity contribution >= 4 is 17.6 Å². The number of aliphatic hydroxyl groups is 1. The highest BCUT2D eigenvalue weighted by Crippen LogP contribution is 2.28. The molecule has 2 heterocycles. The third-order valence-electron chi connectivity index (χ3n) is 6.66. The van der Waals surface area contributed by atoms with Crippen LogP contribution in [0.2, 0.25) is 0 Å². The lowest BCUT2D eigenvalue weighted by Gasteiger charge is -2.44. The number of para-hydroxylation sites is 1. The molecule has 0 unspecified atom stereocenters. The predicted molar refractivity (Wildman–Crippen MR) is 137 cm³/mol. The molecule has 2 aliphatic rings. The van der Waals surface area contributed by atoms with Gasteiger partial charge in [-0.3, -0.25) is 4.79 Å². The van der Waals surface area contributed by atoms with Crippen molar-refractivity contribution in [3.05, 3.63) is 54.1 Å². The van der Waals surface area contributed by atoms with Crippen molar-refractivity contribution in [2.24, 2.45) is 0 Å². The summed E-state index contributed by atoms with van der Waals surface area (Å²) in [6.07, 6.45) is -0.0688. The molecule has 2 fully saturated rings. The molecule has 4 atom stereocenters. The van der Waals surface area contributed by atoms with Gasteiger partial charge >= 0.3 is 6.03 Å². The number of amides is 3. The molecule has 0 aromatic heterocycles. The monoisotopic (exact) mass is 513 g/mol.